The van der Waals surface area contributed by atoms with Crippen LogP contribution in [0.4, 0.5) is 4.53 Å². The van der Waals surface area contributed by atoms with Crippen molar-refractivity contribution >= 4 is 5.97 Å². The van der Waals surface area contributed by atoms with E-state index in [9.17, 15) is 9.32 Å². The van der Waals surface area contributed by atoms with Gasteiger partial charge >= 0.3 is 5.97 Å². The molecule has 8 heavy (non-hydrogen) atoms. The Kier molecular flexibility index (Phi) is 9.36. The molecule has 0 saturated heterocycles. The summed E-state index contributed by atoms with van der Waals surface area (Å²) in [6, 6.07) is 0. The maximum atomic E-state index is 10.7. The van der Waals surface area contributed by atoms with Crippen LogP contribution in [0.25, 0.3) is 0 Å². The Bertz CT molecular complexity index is 67.1. The number of hydrogen-bond donors (Lipinski definition) is 0. The van der Waals surface area contributed by atoms with Crippen LogP contribution in [0.5, 0.6) is 0 Å². The Morgan fingerprint density at radius 3 is 2.38 bits per heavy atom. The fourth-order valence-electron chi connectivity index (χ4n) is 0.243. The van der Waals surface area contributed by atoms with Gasteiger partial charge in [-0.05, 0) is 6.42 Å². The first-order valence-corrected chi connectivity index (χ1v) is 2.12. The second-order valence-corrected chi connectivity index (χ2v) is 1.20. The summed E-state index contributed by atoms with van der Waals surface area (Å²) in [5.41, 5.74) is 0. The molecule has 0 aliphatic rings. The molecule has 0 heterocycles. The largest absolute Gasteiger partial charge is 0.348 e. The van der Waals surface area contributed by atoms with Crippen molar-refractivity contribution in [3.63, 3.8) is 0 Å². The maximum Gasteiger partial charge on any atom is 0.348 e. The first-order valence-electron chi connectivity index (χ1n) is 2.12. The van der Waals surface area contributed by atoms with E-state index in [4.69, 9.17) is 0 Å². The molecule has 0 N–H and O–H groups in total. The predicted molar refractivity (Wildman–Crippen MR) is 22.1 cm³/mol. The zero-order valence-corrected chi connectivity index (χ0v) is 5.35. The van der Waals surface area contributed by atoms with Crippen LogP contribution in [0, 0.1) is 0 Å². The van der Waals surface area contributed by atoms with Crippen LogP contribution in [0.2, 0.25) is 0 Å². The molecule has 0 aromatic heterocycles. The van der Waals surface area contributed by atoms with E-state index in [0.29, 0.717) is 6.42 Å². The minimum atomic E-state index is -0.789. The van der Waals surface area contributed by atoms with Crippen LogP contribution in [-0.4, -0.2) is 5.97 Å². The summed E-state index contributed by atoms with van der Waals surface area (Å²) < 4.78 is 10.7. The van der Waals surface area contributed by atoms with Crippen LogP contribution in [0.3, 0.4) is 0 Å². The molecule has 1 radical (unpaired) electrons. The van der Waals surface area contributed by atoms with Crippen molar-refractivity contribution in [3.05, 3.63) is 0 Å². The van der Waals surface area contributed by atoms with Gasteiger partial charge in [-0.25, -0.2) is 4.79 Å². The molecule has 0 unspecified atom stereocenters. The van der Waals surface area contributed by atoms with Gasteiger partial charge in [-0.2, -0.15) is 0 Å². The van der Waals surface area contributed by atoms with Crippen LogP contribution in [0.15, 0.2) is 0 Å². The van der Waals surface area contributed by atoms with Gasteiger partial charge in [0.05, 0.1) is 0 Å². The van der Waals surface area contributed by atoms with Gasteiger partial charge in [0.15, 0.2) is 0 Å². The molecule has 0 bridgehead atoms. The van der Waals surface area contributed by atoms with Crippen molar-refractivity contribution in [1.82, 2.24) is 0 Å². The molecular weight excluding hydrogens is 163 g/mol. The molecule has 0 aliphatic heterocycles. The maximum absolute atomic E-state index is 10.7. The second kappa shape index (κ2) is 6.92. The van der Waals surface area contributed by atoms with Gasteiger partial charge < -0.3 is 0 Å². The van der Waals surface area contributed by atoms with Crippen LogP contribution < -0.4 is 0 Å². The molecule has 0 fully saturated rings. The predicted octanol–water partition coefficient (Wildman–Crippen LogP) is 1.21. The van der Waals surface area contributed by atoms with E-state index in [2.05, 4.69) is 4.94 Å². The van der Waals surface area contributed by atoms with E-state index in [0.717, 1.165) is 0 Å². The smallest absolute Gasteiger partial charge is 0.255 e. The molecule has 53 valence electrons. The molecule has 0 rings (SSSR count). The van der Waals surface area contributed by atoms with Crippen molar-refractivity contribution in [3.8, 4) is 0 Å². The third kappa shape index (κ3) is 5.92. The van der Waals surface area contributed by atoms with Gasteiger partial charge in [-0.1, -0.05) is 6.92 Å². The van der Waals surface area contributed by atoms with Gasteiger partial charge in [-0.3, -0.25) is 4.94 Å². The van der Waals surface area contributed by atoms with E-state index < -0.39 is 5.97 Å². The first-order chi connectivity index (χ1) is 3.31. The zero-order valence-electron chi connectivity index (χ0n) is 4.41. The Morgan fingerprint density at radius 1 is 1.75 bits per heavy atom. The van der Waals surface area contributed by atoms with Crippen molar-refractivity contribution in [1.29, 1.82) is 0 Å². The fourth-order valence-corrected chi connectivity index (χ4v) is 0.243. The van der Waals surface area contributed by atoms with Crippen molar-refractivity contribution in [2.45, 2.75) is 19.8 Å². The van der Waals surface area contributed by atoms with Crippen molar-refractivity contribution < 1.29 is 31.3 Å². The molecule has 0 atom stereocenters. The Morgan fingerprint density at radius 2 is 2.25 bits per heavy atom. The van der Waals surface area contributed by atoms with E-state index in [1.165, 1.54) is 0 Å². The summed E-state index contributed by atoms with van der Waals surface area (Å²) in [6.07, 6.45) is 0.791. The fraction of sp³-hybridized carbons (Fsp3) is 0.750. The SMILES string of the molecule is CCCC(=O)OF.[Cu]. The quantitative estimate of drug-likeness (QED) is 0.581. The molecular formula is C4H7CuFO2. The second-order valence-electron chi connectivity index (χ2n) is 1.20. The van der Waals surface area contributed by atoms with Gasteiger partial charge in [-0.15, -0.1) is 0 Å². The number of hydrogen-bond acceptors (Lipinski definition) is 2. The average molecular weight is 170 g/mol. The van der Waals surface area contributed by atoms with Crippen LogP contribution in [-0.2, 0) is 26.8 Å². The molecule has 0 spiro atoms. The number of carbonyl (C=O) groups excluding carboxylic acids is 1. The summed E-state index contributed by atoms with van der Waals surface area (Å²) in [4.78, 5) is 12.7. The average Bonchev–Trinajstić information content (AvgIpc) is 1.68. The normalized spacial score (nSPS) is 7.25. The molecule has 4 heteroatoms. The Balaban J connectivity index is 0. The summed E-state index contributed by atoms with van der Waals surface area (Å²) in [5, 5.41) is 0. The first kappa shape index (κ1) is 10.8. The molecule has 2 nitrogen and oxygen atoms in total. The molecule has 0 aromatic carbocycles. The minimum Gasteiger partial charge on any atom is -0.255 e. The van der Waals surface area contributed by atoms with E-state index in [-0.39, 0.29) is 23.5 Å². The third-order valence-electron chi connectivity index (χ3n) is 0.540. The van der Waals surface area contributed by atoms with Gasteiger partial charge in [0.25, 0.3) is 0 Å². The number of carbonyl (C=O) groups is 1. The Hall–Kier alpha value is -0.0805. The third-order valence-corrected chi connectivity index (χ3v) is 0.540. The molecule has 0 aromatic rings. The topological polar surface area (TPSA) is 26.3 Å². The van der Waals surface area contributed by atoms with Crippen LogP contribution in [0.1, 0.15) is 19.8 Å². The van der Waals surface area contributed by atoms with E-state index >= 15 is 0 Å². The molecule has 0 amide bonds. The standard InChI is InChI=1S/C4H7FO2.Cu/c1-2-3-4(6)7-5;/h2-3H2,1H3;. The minimum absolute atomic E-state index is 0. The summed E-state index contributed by atoms with van der Waals surface area (Å²) >= 11 is 0. The molecule has 0 aliphatic carbocycles. The number of rotatable bonds is 2. The zero-order chi connectivity index (χ0) is 5.70. The van der Waals surface area contributed by atoms with Crippen molar-refractivity contribution in [2.75, 3.05) is 0 Å². The van der Waals surface area contributed by atoms with Crippen molar-refractivity contribution in [2.24, 2.45) is 0 Å². The number of halogens is 1. The van der Waals surface area contributed by atoms with Crippen LogP contribution >= 0.6 is 0 Å². The molecule has 0 saturated carbocycles. The van der Waals surface area contributed by atoms with E-state index in [1.54, 1.807) is 6.92 Å². The van der Waals surface area contributed by atoms with Gasteiger partial charge in [0.1, 0.15) is 0 Å². The monoisotopic (exact) mass is 169 g/mol. The van der Waals surface area contributed by atoms with Gasteiger partial charge in [0, 0.05) is 28.0 Å². The van der Waals surface area contributed by atoms with E-state index in [1.807, 2.05) is 0 Å². The Labute approximate surface area is 57.8 Å². The van der Waals surface area contributed by atoms with Gasteiger partial charge in [0.2, 0.25) is 0 Å². The summed E-state index contributed by atoms with van der Waals surface area (Å²) in [6.45, 7) is 1.77. The summed E-state index contributed by atoms with van der Waals surface area (Å²) in [7, 11) is 0. The summed E-state index contributed by atoms with van der Waals surface area (Å²) in [5.74, 6) is -0.789.